The predicted molar refractivity (Wildman–Crippen MR) is 51.0 cm³/mol. The van der Waals surface area contributed by atoms with Gasteiger partial charge in [-0.3, -0.25) is 4.79 Å². The van der Waals surface area contributed by atoms with Crippen molar-refractivity contribution >= 4 is 5.97 Å². The lowest BCUT2D eigenvalue weighted by atomic mass is 9.80. The van der Waals surface area contributed by atoms with Crippen LogP contribution in [0.2, 0.25) is 0 Å². The molecule has 4 nitrogen and oxygen atoms in total. The number of aliphatic hydroxyl groups excluding tert-OH is 1. The third-order valence-electron chi connectivity index (χ3n) is 4.28. The second kappa shape index (κ2) is 3.19. The van der Waals surface area contributed by atoms with Gasteiger partial charge in [-0.25, -0.2) is 0 Å². The highest BCUT2D eigenvalue weighted by molar-refractivity contribution is 5.72. The summed E-state index contributed by atoms with van der Waals surface area (Å²) < 4.78 is 10.5. The summed E-state index contributed by atoms with van der Waals surface area (Å²) >= 11 is 0. The zero-order chi connectivity index (χ0) is 10.6. The monoisotopic (exact) mass is 212 g/mol. The minimum atomic E-state index is -0.312. The number of methoxy groups -OCH3 is 1. The van der Waals surface area contributed by atoms with Crippen molar-refractivity contribution in [3.63, 3.8) is 0 Å². The number of hydrogen-bond donors (Lipinski definition) is 1. The molecule has 2 saturated heterocycles. The molecule has 4 heteroatoms. The van der Waals surface area contributed by atoms with Gasteiger partial charge in [0.1, 0.15) is 0 Å². The van der Waals surface area contributed by atoms with E-state index in [4.69, 9.17) is 9.47 Å². The van der Waals surface area contributed by atoms with Crippen molar-refractivity contribution in [1.82, 2.24) is 0 Å². The zero-order valence-electron chi connectivity index (χ0n) is 8.76. The number of carbonyl (C=O) groups excluding carboxylic acids is 1. The normalized spacial score (nSPS) is 51.9. The number of hydrogen-bond acceptors (Lipinski definition) is 4. The molecule has 0 aromatic heterocycles. The molecule has 0 aromatic rings. The van der Waals surface area contributed by atoms with E-state index in [9.17, 15) is 9.90 Å². The number of ether oxygens (including phenoxy) is 2. The summed E-state index contributed by atoms with van der Waals surface area (Å²) in [5.74, 6) is 0.785. The average molecular weight is 212 g/mol. The van der Waals surface area contributed by atoms with E-state index in [2.05, 4.69) is 0 Å². The fraction of sp³-hybridized carbons (Fsp3) is 0.909. The molecule has 1 N–H and O–H groups in total. The van der Waals surface area contributed by atoms with Crippen LogP contribution in [-0.2, 0) is 14.3 Å². The Kier molecular flexibility index (Phi) is 2.04. The van der Waals surface area contributed by atoms with E-state index in [0.29, 0.717) is 11.8 Å². The van der Waals surface area contributed by atoms with Gasteiger partial charge in [0.15, 0.2) is 0 Å². The predicted octanol–water partition coefficient (Wildman–Crippen LogP) is 0.334. The highest BCUT2D eigenvalue weighted by Crippen LogP contribution is 2.53. The first kappa shape index (κ1) is 9.60. The maximum Gasteiger partial charge on any atom is 0.308 e. The van der Waals surface area contributed by atoms with E-state index in [1.807, 2.05) is 0 Å². The van der Waals surface area contributed by atoms with Crippen LogP contribution < -0.4 is 0 Å². The van der Waals surface area contributed by atoms with Crippen LogP contribution in [0.1, 0.15) is 19.3 Å². The summed E-state index contributed by atoms with van der Waals surface area (Å²) in [6, 6.07) is 0. The summed E-state index contributed by atoms with van der Waals surface area (Å²) in [5.41, 5.74) is 0. The van der Waals surface area contributed by atoms with E-state index in [1.54, 1.807) is 0 Å². The first-order valence-electron chi connectivity index (χ1n) is 5.62. The molecule has 6 atom stereocenters. The van der Waals surface area contributed by atoms with Gasteiger partial charge in [0, 0.05) is 6.42 Å². The number of esters is 1. The summed E-state index contributed by atoms with van der Waals surface area (Å²) in [4.78, 5) is 11.4. The fourth-order valence-corrected chi connectivity index (χ4v) is 3.65. The third-order valence-corrected chi connectivity index (χ3v) is 4.28. The molecule has 3 rings (SSSR count). The molecule has 6 unspecified atom stereocenters. The molecule has 0 aromatic carbocycles. The lowest BCUT2D eigenvalue weighted by molar-refractivity contribution is -0.145. The van der Waals surface area contributed by atoms with Gasteiger partial charge in [-0.1, -0.05) is 0 Å². The molecule has 0 spiro atoms. The van der Waals surface area contributed by atoms with Crippen molar-refractivity contribution in [2.75, 3.05) is 7.11 Å². The van der Waals surface area contributed by atoms with E-state index in [-0.39, 0.29) is 30.2 Å². The number of rotatable bonds is 1. The second-order valence-electron chi connectivity index (χ2n) is 4.96. The Morgan fingerprint density at radius 2 is 2.07 bits per heavy atom. The van der Waals surface area contributed by atoms with Gasteiger partial charge in [0.25, 0.3) is 0 Å². The van der Waals surface area contributed by atoms with Gasteiger partial charge in [-0.05, 0) is 24.7 Å². The molecule has 3 aliphatic rings. The van der Waals surface area contributed by atoms with Crippen molar-refractivity contribution in [3.8, 4) is 0 Å². The highest BCUT2D eigenvalue weighted by atomic mass is 16.5. The molecule has 1 saturated carbocycles. The molecule has 0 radical (unpaired) electrons. The molecule has 0 amide bonds. The quantitative estimate of drug-likeness (QED) is 0.636. The molecular weight excluding hydrogens is 196 g/mol. The lowest BCUT2D eigenvalue weighted by Crippen LogP contribution is -2.33. The van der Waals surface area contributed by atoms with Crippen LogP contribution >= 0.6 is 0 Å². The second-order valence-corrected chi connectivity index (χ2v) is 4.96. The minimum Gasteiger partial charge on any atom is -0.469 e. The lowest BCUT2D eigenvalue weighted by Gasteiger charge is -2.23. The summed E-state index contributed by atoms with van der Waals surface area (Å²) in [7, 11) is 1.44. The van der Waals surface area contributed by atoms with Crippen molar-refractivity contribution in [2.45, 2.75) is 37.6 Å². The SMILES string of the molecule is COC(=O)C1CC2C3CC(O)C(O3)C2C1. The van der Waals surface area contributed by atoms with Crippen LogP contribution in [0.4, 0.5) is 0 Å². The molecule has 1 aliphatic carbocycles. The van der Waals surface area contributed by atoms with Crippen LogP contribution in [-0.4, -0.2) is 36.5 Å². The Balaban J connectivity index is 1.74. The van der Waals surface area contributed by atoms with Crippen molar-refractivity contribution in [1.29, 1.82) is 0 Å². The van der Waals surface area contributed by atoms with E-state index in [1.165, 1.54) is 7.11 Å². The van der Waals surface area contributed by atoms with Gasteiger partial charge in [-0.2, -0.15) is 0 Å². The molecular formula is C11H16O4. The van der Waals surface area contributed by atoms with E-state index in [0.717, 1.165) is 19.3 Å². The van der Waals surface area contributed by atoms with Crippen LogP contribution in [0, 0.1) is 17.8 Å². The Bertz CT molecular complexity index is 290. The summed E-state index contributed by atoms with van der Waals surface area (Å²) in [5, 5.41) is 9.71. The van der Waals surface area contributed by atoms with Crippen molar-refractivity contribution < 1.29 is 19.4 Å². The molecule has 2 bridgehead atoms. The number of fused-ring (bicyclic) bond motifs is 5. The Labute approximate surface area is 88.6 Å². The highest BCUT2D eigenvalue weighted by Gasteiger charge is 2.58. The van der Waals surface area contributed by atoms with E-state index >= 15 is 0 Å². The Hall–Kier alpha value is -0.610. The maximum atomic E-state index is 11.4. The van der Waals surface area contributed by atoms with Crippen molar-refractivity contribution in [3.05, 3.63) is 0 Å². The molecule has 3 fully saturated rings. The maximum absolute atomic E-state index is 11.4. The van der Waals surface area contributed by atoms with Gasteiger partial charge in [0.05, 0.1) is 31.3 Å². The zero-order valence-corrected chi connectivity index (χ0v) is 8.76. The molecule has 15 heavy (non-hydrogen) atoms. The van der Waals surface area contributed by atoms with Crippen LogP contribution in [0.5, 0.6) is 0 Å². The van der Waals surface area contributed by atoms with E-state index < -0.39 is 0 Å². The third kappa shape index (κ3) is 1.24. The largest absolute Gasteiger partial charge is 0.469 e. The summed E-state index contributed by atoms with van der Waals surface area (Å²) in [6.07, 6.45) is 2.31. The number of aliphatic hydroxyl groups is 1. The minimum absolute atomic E-state index is 0.0188. The summed E-state index contributed by atoms with van der Waals surface area (Å²) in [6.45, 7) is 0. The average Bonchev–Trinajstić information content (AvgIpc) is 2.84. The number of carbonyl (C=O) groups is 1. The van der Waals surface area contributed by atoms with Crippen LogP contribution in [0.15, 0.2) is 0 Å². The molecule has 2 heterocycles. The van der Waals surface area contributed by atoms with Gasteiger partial charge < -0.3 is 14.6 Å². The van der Waals surface area contributed by atoms with Gasteiger partial charge in [-0.15, -0.1) is 0 Å². The fourth-order valence-electron chi connectivity index (χ4n) is 3.65. The molecule has 84 valence electrons. The Morgan fingerprint density at radius 1 is 1.33 bits per heavy atom. The standard InChI is InChI=1S/C11H16O4/c1-14-11(13)5-2-6-7(3-5)10-8(12)4-9(6)15-10/h5-10,12H,2-4H2,1H3. The first-order chi connectivity index (χ1) is 7.20. The first-order valence-corrected chi connectivity index (χ1v) is 5.62. The van der Waals surface area contributed by atoms with Crippen LogP contribution in [0.3, 0.4) is 0 Å². The van der Waals surface area contributed by atoms with Gasteiger partial charge >= 0.3 is 5.97 Å². The van der Waals surface area contributed by atoms with Crippen LogP contribution in [0.25, 0.3) is 0 Å². The topological polar surface area (TPSA) is 55.8 Å². The Morgan fingerprint density at radius 3 is 2.80 bits per heavy atom. The van der Waals surface area contributed by atoms with Crippen molar-refractivity contribution in [2.24, 2.45) is 17.8 Å². The smallest absolute Gasteiger partial charge is 0.308 e. The molecule has 2 aliphatic heterocycles. The van der Waals surface area contributed by atoms with Gasteiger partial charge in [0.2, 0.25) is 0 Å².